The van der Waals surface area contributed by atoms with Gasteiger partial charge in [0.25, 0.3) is 0 Å². The second-order valence-electron chi connectivity index (χ2n) is 5.70. The van der Waals surface area contributed by atoms with Gasteiger partial charge in [0.1, 0.15) is 0 Å². The molecule has 4 nitrogen and oxygen atoms in total. The van der Waals surface area contributed by atoms with Crippen LogP contribution in [-0.4, -0.2) is 17.6 Å². The maximum absolute atomic E-state index is 11.9. The summed E-state index contributed by atoms with van der Waals surface area (Å²) in [5, 5.41) is 6.92. The maximum atomic E-state index is 11.9. The monoisotopic (exact) mass is 315 g/mol. The predicted octanol–water partition coefficient (Wildman–Crippen LogP) is 3.37. The van der Waals surface area contributed by atoms with Crippen LogP contribution in [0.1, 0.15) is 39.8 Å². The van der Waals surface area contributed by atoms with E-state index in [1.165, 1.54) is 17.5 Å². The maximum Gasteiger partial charge on any atom is 0.315 e. The summed E-state index contributed by atoms with van der Waals surface area (Å²) in [6, 6.07) is 8.47. The third-order valence-electron chi connectivity index (χ3n) is 4.09. The number of aryl methyl sites for hydroxylation is 2. The Morgan fingerprint density at radius 1 is 1.36 bits per heavy atom. The smallest absolute Gasteiger partial charge is 0.315 e. The molecule has 1 atom stereocenters. The Labute approximate surface area is 135 Å². The predicted molar refractivity (Wildman–Crippen MR) is 89.2 cm³/mol. The molecule has 2 amide bonds. The van der Waals surface area contributed by atoms with E-state index in [0.29, 0.717) is 19.0 Å². The second kappa shape index (κ2) is 6.92. The molecule has 0 bridgehead atoms. The number of benzene rings is 1. The lowest BCUT2D eigenvalue weighted by Crippen LogP contribution is -2.37. The summed E-state index contributed by atoms with van der Waals surface area (Å²) in [7, 11) is 0. The van der Waals surface area contributed by atoms with Gasteiger partial charge >= 0.3 is 6.03 Å². The molecular weight excluding hydrogens is 294 g/mol. The van der Waals surface area contributed by atoms with Crippen LogP contribution in [0, 0.1) is 6.92 Å². The second-order valence-corrected chi connectivity index (χ2v) is 7.02. The molecule has 116 valence electrons. The first-order valence-corrected chi connectivity index (χ1v) is 8.55. The summed E-state index contributed by atoms with van der Waals surface area (Å²) in [5.41, 5.74) is 2.83. The number of hydrogen-bond donors (Lipinski definition) is 2. The highest BCUT2D eigenvalue weighted by atomic mass is 32.1. The number of nitrogens with zero attached hydrogens (tertiary/aromatic N) is 1. The molecule has 0 fully saturated rings. The van der Waals surface area contributed by atoms with Crippen molar-refractivity contribution in [2.75, 3.05) is 6.54 Å². The molecule has 22 heavy (non-hydrogen) atoms. The van der Waals surface area contributed by atoms with Crippen LogP contribution in [0.3, 0.4) is 0 Å². The molecule has 1 unspecified atom stereocenters. The number of aromatic nitrogens is 1. The molecule has 1 aliphatic carbocycles. The van der Waals surface area contributed by atoms with E-state index >= 15 is 0 Å². The number of nitrogens with one attached hydrogen (secondary N) is 2. The van der Waals surface area contributed by atoms with Gasteiger partial charge in [-0.1, -0.05) is 24.3 Å². The summed E-state index contributed by atoms with van der Waals surface area (Å²) in [5.74, 6) is 0.432. The number of urea groups is 1. The van der Waals surface area contributed by atoms with E-state index in [2.05, 4.69) is 39.9 Å². The van der Waals surface area contributed by atoms with Crippen LogP contribution < -0.4 is 10.6 Å². The molecule has 2 aromatic rings. The van der Waals surface area contributed by atoms with Crippen molar-refractivity contribution in [1.29, 1.82) is 0 Å². The zero-order valence-corrected chi connectivity index (χ0v) is 13.6. The molecule has 1 heterocycles. The van der Waals surface area contributed by atoms with Crippen LogP contribution in [-0.2, 0) is 13.0 Å². The lowest BCUT2D eigenvalue weighted by molar-refractivity contribution is 0.239. The molecule has 5 heteroatoms. The molecule has 0 spiro atoms. The fraction of sp³-hybridized carbons (Fsp3) is 0.412. The Hall–Kier alpha value is -1.88. The molecule has 0 radical (unpaired) electrons. The Balaban J connectivity index is 1.49. The largest absolute Gasteiger partial charge is 0.338 e. The molecule has 0 saturated carbocycles. The minimum atomic E-state index is -0.103. The van der Waals surface area contributed by atoms with E-state index in [-0.39, 0.29) is 6.03 Å². The summed E-state index contributed by atoms with van der Waals surface area (Å²) < 4.78 is 0. The number of carbonyl (C=O) groups is 1. The van der Waals surface area contributed by atoms with E-state index < -0.39 is 0 Å². The lowest BCUT2D eigenvalue weighted by atomic mass is 9.83. The van der Waals surface area contributed by atoms with Crippen LogP contribution in [0.25, 0.3) is 0 Å². The number of hydrogen-bond acceptors (Lipinski definition) is 3. The molecule has 0 saturated heterocycles. The van der Waals surface area contributed by atoms with Crippen LogP contribution >= 0.6 is 11.3 Å². The summed E-state index contributed by atoms with van der Waals surface area (Å²) in [4.78, 5) is 17.2. The highest BCUT2D eigenvalue weighted by molar-refractivity contribution is 7.11. The number of amides is 2. The number of thiazole rings is 1. The van der Waals surface area contributed by atoms with Gasteiger partial charge in [-0.2, -0.15) is 0 Å². The minimum Gasteiger partial charge on any atom is -0.338 e. The first-order chi connectivity index (χ1) is 10.7. The van der Waals surface area contributed by atoms with Crippen LogP contribution in [0.2, 0.25) is 0 Å². The molecule has 2 N–H and O–H groups in total. The van der Waals surface area contributed by atoms with Crippen molar-refractivity contribution >= 4 is 17.4 Å². The van der Waals surface area contributed by atoms with Crippen LogP contribution in [0.15, 0.2) is 30.5 Å². The van der Waals surface area contributed by atoms with Gasteiger partial charge in [0.15, 0.2) is 0 Å². The first kappa shape index (κ1) is 15.0. The van der Waals surface area contributed by atoms with E-state index in [0.717, 1.165) is 22.7 Å². The quantitative estimate of drug-likeness (QED) is 0.909. The van der Waals surface area contributed by atoms with Gasteiger partial charge in [-0.25, -0.2) is 9.78 Å². The van der Waals surface area contributed by atoms with Crippen molar-refractivity contribution in [3.8, 4) is 0 Å². The topological polar surface area (TPSA) is 54.0 Å². The highest BCUT2D eigenvalue weighted by Crippen LogP contribution is 2.30. The Bertz CT molecular complexity index is 653. The minimum absolute atomic E-state index is 0.103. The van der Waals surface area contributed by atoms with Crippen LogP contribution in [0.5, 0.6) is 0 Å². The van der Waals surface area contributed by atoms with Crippen molar-refractivity contribution in [2.24, 2.45) is 0 Å². The third kappa shape index (κ3) is 3.65. The van der Waals surface area contributed by atoms with Gasteiger partial charge in [-0.3, -0.25) is 0 Å². The van der Waals surface area contributed by atoms with Crippen LogP contribution in [0.4, 0.5) is 4.79 Å². The molecule has 1 aliphatic rings. The van der Waals surface area contributed by atoms with Gasteiger partial charge in [0.05, 0.1) is 11.6 Å². The third-order valence-corrected chi connectivity index (χ3v) is 5.01. The zero-order valence-electron chi connectivity index (χ0n) is 12.8. The number of fused-ring (bicyclic) bond motifs is 1. The van der Waals surface area contributed by atoms with E-state index in [1.807, 2.05) is 13.1 Å². The molecule has 1 aromatic heterocycles. The van der Waals surface area contributed by atoms with Crippen molar-refractivity contribution < 1.29 is 4.79 Å². The van der Waals surface area contributed by atoms with Crippen molar-refractivity contribution in [3.63, 3.8) is 0 Å². The fourth-order valence-corrected chi connectivity index (χ4v) is 3.73. The number of rotatable bonds is 4. The SMILES string of the molecule is Cc1ncc(CNC(=O)NCC2CCCc3ccccc32)s1. The van der Waals surface area contributed by atoms with Crippen molar-refractivity contribution in [1.82, 2.24) is 15.6 Å². The average molecular weight is 315 g/mol. The van der Waals surface area contributed by atoms with Gasteiger partial charge in [0, 0.05) is 23.5 Å². The zero-order chi connectivity index (χ0) is 15.4. The lowest BCUT2D eigenvalue weighted by Gasteiger charge is -2.25. The van der Waals surface area contributed by atoms with E-state index in [1.54, 1.807) is 11.3 Å². The molecule has 1 aromatic carbocycles. The van der Waals surface area contributed by atoms with E-state index in [9.17, 15) is 4.79 Å². The molecular formula is C17H21N3OS. The van der Waals surface area contributed by atoms with Gasteiger partial charge in [-0.05, 0) is 37.3 Å². The summed E-state index contributed by atoms with van der Waals surface area (Å²) >= 11 is 1.61. The fourth-order valence-electron chi connectivity index (χ4n) is 3.00. The Morgan fingerprint density at radius 3 is 3.05 bits per heavy atom. The normalized spacial score (nSPS) is 16.9. The number of carbonyl (C=O) groups excluding carboxylic acids is 1. The average Bonchev–Trinajstić information content (AvgIpc) is 2.96. The van der Waals surface area contributed by atoms with E-state index in [4.69, 9.17) is 0 Å². The Kier molecular flexibility index (Phi) is 4.73. The summed E-state index contributed by atoms with van der Waals surface area (Å²) in [6.45, 7) is 3.21. The Morgan fingerprint density at radius 2 is 2.23 bits per heavy atom. The van der Waals surface area contributed by atoms with Crippen molar-refractivity contribution in [2.45, 2.75) is 38.6 Å². The molecule has 0 aliphatic heterocycles. The summed E-state index contributed by atoms with van der Waals surface area (Å²) in [6.07, 6.45) is 5.32. The standard InChI is InChI=1S/C17H21N3OS/c1-12-18-10-15(22-12)11-20-17(21)19-9-14-7-4-6-13-5-2-3-8-16(13)14/h2-3,5,8,10,14H,4,6-7,9,11H2,1H3,(H2,19,20,21). The highest BCUT2D eigenvalue weighted by Gasteiger charge is 2.20. The van der Waals surface area contributed by atoms with Crippen molar-refractivity contribution in [3.05, 3.63) is 51.5 Å². The van der Waals surface area contributed by atoms with Gasteiger partial charge in [-0.15, -0.1) is 11.3 Å². The van der Waals surface area contributed by atoms with Gasteiger partial charge in [0.2, 0.25) is 0 Å². The van der Waals surface area contributed by atoms with Gasteiger partial charge < -0.3 is 10.6 Å². The first-order valence-electron chi connectivity index (χ1n) is 7.73. The molecule has 3 rings (SSSR count).